The van der Waals surface area contributed by atoms with E-state index in [4.69, 9.17) is 9.84 Å². The predicted molar refractivity (Wildman–Crippen MR) is 83.3 cm³/mol. The van der Waals surface area contributed by atoms with Crippen LogP contribution in [0.25, 0.3) is 0 Å². The highest BCUT2D eigenvalue weighted by molar-refractivity contribution is 5.67. The molecule has 2 N–H and O–H groups in total. The Morgan fingerprint density at radius 3 is 2.38 bits per heavy atom. The molecule has 0 saturated heterocycles. The van der Waals surface area contributed by atoms with Gasteiger partial charge in [0, 0.05) is 19.7 Å². The van der Waals surface area contributed by atoms with Gasteiger partial charge >= 0.3 is 0 Å². The van der Waals surface area contributed by atoms with E-state index in [2.05, 4.69) is 5.32 Å². The Bertz CT molecular complexity index is 630. The smallest absolute Gasteiger partial charge is 0.249 e. The van der Waals surface area contributed by atoms with Crippen molar-refractivity contribution >= 4 is 11.4 Å². The molecule has 0 heterocycles. The number of benzene rings is 1. The minimum absolute atomic E-state index is 0.314. The number of rotatable bonds is 6. The maximum atomic E-state index is 11.3. The van der Waals surface area contributed by atoms with Crippen LogP contribution in [0.2, 0.25) is 0 Å². The summed E-state index contributed by atoms with van der Waals surface area (Å²) in [5.41, 5.74) is 0.0543. The molecule has 21 heavy (non-hydrogen) atoms. The average molecular weight is 292 g/mol. The van der Waals surface area contributed by atoms with Crippen LogP contribution < -0.4 is 20.9 Å². The molecule has 0 atom stereocenters. The minimum Gasteiger partial charge on any atom is -0.490 e. The summed E-state index contributed by atoms with van der Waals surface area (Å²) in [7, 11) is 4.94. The number of hydrogen-bond acceptors (Lipinski definition) is 6. The van der Waals surface area contributed by atoms with Crippen LogP contribution in [0.5, 0.6) is 5.75 Å². The fourth-order valence-corrected chi connectivity index (χ4v) is 1.59. The van der Waals surface area contributed by atoms with E-state index >= 15 is 0 Å². The van der Waals surface area contributed by atoms with Gasteiger partial charge in [0.1, 0.15) is 12.4 Å². The van der Waals surface area contributed by atoms with Crippen molar-refractivity contribution in [2.75, 3.05) is 39.7 Å². The number of para-hydroxylation sites is 2. The Morgan fingerprint density at radius 1 is 1.14 bits per heavy atom. The number of nitrogens with zero attached hydrogens (tertiary/aromatic N) is 1. The van der Waals surface area contributed by atoms with Crippen molar-refractivity contribution in [3.63, 3.8) is 0 Å². The topological polar surface area (TPSA) is 78.9 Å². The largest absolute Gasteiger partial charge is 0.490 e. The number of hydrogen-bond donors (Lipinski definition) is 2. The standard InChI is InChI=1S/C14H16N2O3.CH4O/c1-16(2)7-8-19-13-6-4-3-5-10(13)15-11-9-12(17)14(11)18;1-2/h3-6,9,15H,7-8H2,1-2H3;2H,1H3. The molecule has 0 saturated carbocycles. The van der Waals surface area contributed by atoms with E-state index in [-0.39, 0.29) is 0 Å². The van der Waals surface area contributed by atoms with Gasteiger partial charge in [0.25, 0.3) is 0 Å². The summed E-state index contributed by atoms with van der Waals surface area (Å²) in [5.74, 6) is 0.664. The third-order valence-corrected chi connectivity index (χ3v) is 2.70. The zero-order valence-corrected chi connectivity index (χ0v) is 12.4. The first kappa shape index (κ1) is 16.9. The molecule has 2 rings (SSSR count). The van der Waals surface area contributed by atoms with Crippen molar-refractivity contribution in [2.45, 2.75) is 0 Å². The molecule has 2 aromatic rings. The number of aliphatic hydroxyl groups excluding tert-OH is 1. The number of likely N-dealkylation sites (N-methyl/N-ethyl adjacent to an activating group) is 1. The minimum atomic E-state index is -0.483. The number of anilines is 2. The van der Waals surface area contributed by atoms with Crippen LogP contribution in [0.4, 0.5) is 11.4 Å². The van der Waals surface area contributed by atoms with E-state index in [9.17, 15) is 9.59 Å². The molecule has 0 aliphatic carbocycles. The molecule has 0 unspecified atom stereocenters. The van der Waals surface area contributed by atoms with Gasteiger partial charge in [-0.1, -0.05) is 12.1 Å². The van der Waals surface area contributed by atoms with Gasteiger partial charge < -0.3 is 20.1 Å². The van der Waals surface area contributed by atoms with E-state index in [1.807, 2.05) is 43.3 Å². The molecule has 0 aromatic heterocycles. The fourth-order valence-electron chi connectivity index (χ4n) is 1.59. The molecule has 0 bridgehead atoms. The third kappa shape index (κ3) is 4.70. The second-order valence-corrected chi connectivity index (χ2v) is 4.52. The van der Waals surface area contributed by atoms with Gasteiger partial charge in [-0.2, -0.15) is 0 Å². The normalized spacial score (nSPS) is 10.1. The van der Waals surface area contributed by atoms with Crippen molar-refractivity contribution in [3.8, 4) is 5.75 Å². The molecular formula is C15H20N2O4. The summed E-state index contributed by atoms with van der Waals surface area (Å²) >= 11 is 0. The highest BCUT2D eigenvalue weighted by Gasteiger charge is 2.11. The molecule has 0 amide bonds. The molecule has 0 radical (unpaired) electrons. The highest BCUT2D eigenvalue weighted by atomic mass is 16.5. The zero-order chi connectivity index (χ0) is 15.8. The maximum absolute atomic E-state index is 11.3. The summed E-state index contributed by atoms with van der Waals surface area (Å²) in [6.07, 6.45) is 0. The first-order valence-corrected chi connectivity index (χ1v) is 6.46. The maximum Gasteiger partial charge on any atom is 0.249 e. The van der Waals surface area contributed by atoms with E-state index in [0.29, 0.717) is 23.7 Å². The Balaban J connectivity index is 0.00000106. The second kappa shape index (κ2) is 8.18. The van der Waals surface area contributed by atoms with Gasteiger partial charge in [-0.05, 0) is 26.2 Å². The van der Waals surface area contributed by atoms with Crippen molar-refractivity contribution < 1.29 is 9.84 Å². The van der Waals surface area contributed by atoms with Crippen molar-refractivity contribution in [3.05, 3.63) is 50.8 Å². The summed E-state index contributed by atoms with van der Waals surface area (Å²) in [5, 5.41) is 9.92. The number of aliphatic hydroxyl groups is 1. The molecule has 2 aromatic carbocycles. The van der Waals surface area contributed by atoms with E-state index < -0.39 is 10.9 Å². The lowest BCUT2D eigenvalue weighted by atomic mass is 10.2. The van der Waals surface area contributed by atoms with Crippen LogP contribution in [0.1, 0.15) is 0 Å². The van der Waals surface area contributed by atoms with Crippen LogP contribution in [-0.4, -0.2) is 44.4 Å². The quantitative estimate of drug-likeness (QED) is 0.758. The van der Waals surface area contributed by atoms with Crippen molar-refractivity contribution in [2.24, 2.45) is 0 Å². The Morgan fingerprint density at radius 2 is 1.81 bits per heavy atom. The van der Waals surface area contributed by atoms with Gasteiger partial charge in [-0.25, -0.2) is 0 Å². The lowest BCUT2D eigenvalue weighted by molar-refractivity contribution is 0.262. The Hall–Kier alpha value is -2.18. The zero-order valence-electron chi connectivity index (χ0n) is 12.4. The van der Waals surface area contributed by atoms with E-state index in [1.54, 1.807) is 0 Å². The molecule has 6 heteroatoms. The summed E-state index contributed by atoms with van der Waals surface area (Å²) in [6.45, 7) is 1.35. The van der Waals surface area contributed by atoms with Gasteiger partial charge in [0.2, 0.25) is 10.9 Å². The lowest BCUT2D eigenvalue weighted by Crippen LogP contribution is -2.31. The fraction of sp³-hybridized carbons (Fsp3) is 0.333. The van der Waals surface area contributed by atoms with Gasteiger partial charge in [-0.3, -0.25) is 9.59 Å². The Labute approximate surface area is 123 Å². The first-order valence-electron chi connectivity index (χ1n) is 6.46. The predicted octanol–water partition coefficient (Wildman–Crippen LogP) is 0.575. The van der Waals surface area contributed by atoms with Crippen LogP contribution in [0.15, 0.2) is 39.9 Å². The van der Waals surface area contributed by atoms with Crippen molar-refractivity contribution in [1.82, 2.24) is 4.90 Å². The van der Waals surface area contributed by atoms with Crippen molar-refractivity contribution in [1.29, 1.82) is 0 Å². The van der Waals surface area contributed by atoms with Crippen LogP contribution in [0, 0.1) is 0 Å². The molecule has 0 spiro atoms. The molecule has 0 aliphatic rings. The summed E-state index contributed by atoms with van der Waals surface area (Å²) in [6, 6.07) is 8.62. The second-order valence-electron chi connectivity index (χ2n) is 4.52. The van der Waals surface area contributed by atoms with Crippen LogP contribution >= 0.6 is 0 Å². The molecule has 0 fully saturated rings. The highest BCUT2D eigenvalue weighted by Crippen LogP contribution is 2.26. The summed E-state index contributed by atoms with van der Waals surface area (Å²) in [4.78, 5) is 24.1. The number of nitrogens with one attached hydrogen (secondary N) is 1. The van der Waals surface area contributed by atoms with Gasteiger partial charge in [0.05, 0.1) is 11.4 Å². The lowest BCUT2D eigenvalue weighted by Gasteiger charge is -2.15. The summed E-state index contributed by atoms with van der Waals surface area (Å²) < 4.78 is 5.65. The monoisotopic (exact) mass is 292 g/mol. The first-order chi connectivity index (χ1) is 10.1. The van der Waals surface area contributed by atoms with Gasteiger partial charge in [-0.15, -0.1) is 0 Å². The third-order valence-electron chi connectivity index (χ3n) is 2.70. The average Bonchev–Trinajstić information content (AvgIpc) is 2.50. The molecular weight excluding hydrogens is 272 g/mol. The molecule has 114 valence electrons. The van der Waals surface area contributed by atoms with Crippen LogP contribution in [-0.2, 0) is 0 Å². The van der Waals surface area contributed by atoms with E-state index in [0.717, 1.165) is 13.7 Å². The molecule has 6 nitrogen and oxygen atoms in total. The van der Waals surface area contributed by atoms with Crippen LogP contribution in [0.3, 0.4) is 0 Å². The number of ether oxygens (including phenoxy) is 1. The Kier molecular flexibility index (Phi) is 6.58. The van der Waals surface area contributed by atoms with Gasteiger partial charge in [0.15, 0.2) is 0 Å². The SMILES string of the molecule is CN(C)CCOc1ccccc1Nc1cc(=O)c1=O.CO. The molecule has 0 aliphatic heterocycles. The van der Waals surface area contributed by atoms with E-state index in [1.165, 1.54) is 6.07 Å².